The Bertz CT molecular complexity index is 799. The average Bonchev–Trinajstić information content (AvgIpc) is 2.75. The second-order valence-electron chi connectivity index (χ2n) is 7.48. The fourth-order valence-corrected chi connectivity index (χ4v) is 4.10. The Labute approximate surface area is 168 Å². The van der Waals surface area contributed by atoms with E-state index in [0.717, 1.165) is 16.7 Å². The van der Waals surface area contributed by atoms with Crippen LogP contribution in [-0.4, -0.2) is 12.6 Å². The minimum atomic E-state index is -0.318. The van der Waals surface area contributed by atoms with Crippen molar-refractivity contribution < 1.29 is 9.53 Å². The third kappa shape index (κ3) is 5.01. The van der Waals surface area contributed by atoms with Gasteiger partial charge < -0.3 is 4.74 Å². The zero-order valence-electron chi connectivity index (χ0n) is 16.8. The summed E-state index contributed by atoms with van der Waals surface area (Å²) in [5, 5.41) is 0. The van der Waals surface area contributed by atoms with Crippen molar-refractivity contribution in [2.75, 3.05) is 6.61 Å². The fourth-order valence-electron chi connectivity index (χ4n) is 4.10. The first-order valence-corrected chi connectivity index (χ1v) is 10.4. The molecule has 0 amide bonds. The fraction of sp³-hybridized carbons (Fsp3) is 0.346. The highest BCUT2D eigenvalue weighted by atomic mass is 16.5. The van der Waals surface area contributed by atoms with Crippen molar-refractivity contribution in [1.29, 1.82) is 0 Å². The summed E-state index contributed by atoms with van der Waals surface area (Å²) in [6.07, 6.45) is 8.70. The molecular formula is C26H30O2. The van der Waals surface area contributed by atoms with Gasteiger partial charge in [-0.2, -0.15) is 0 Å². The highest BCUT2D eigenvalue weighted by Crippen LogP contribution is 2.40. The van der Waals surface area contributed by atoms with Gasteiger partial charge in [0.15, 0.2) is 0 Å². The van der Waals surface area contributed by atoms with E-state index in [1.165, 1.54) is 32.1 Å². The van der Waals surface area contributed by atoms with Crippen molar-refractivity contribution in [2.45, 2.75) is 44.9 Å². The second kappa shape index (κ2) is 10.1. The molecule has 2 heteroatoms. The van der Waals surface area contributed by atoms with E-state index in [0.29, 0.717) is 18.1 Å². The van der Waals surface area contributed by atoms with Crippen molar-refractivity contribution in [3.8, 4) is 0 Å². The van der Waals surface area contributed by atoms with E-state index in [-0.39, 0.29) is 11.9 Å². The summed E-state index contributed by atoms with van der Waals surface area (Å²) in [6, 6.07) is 20.6. The van der Waals surface area contributed by atoms with Crippen molar-refractivity contribution in [1.82, 2.24) is 0 Å². The Kier molecular flexibility index (Phi) is 7.25. The Morgan fingerprint density at radius 3 is 2.25 bits per heavy atom. The molecule has 0 aliphatic heterocycles. The molecule has 3 rings (SSSR count). The number of hydrogen-bond acceptors (Lipinski definition) is 2. The van der Waals surface area contributed by atoms with Gasteiger partial charge in [0.1, 0.15) is 0 Å². The standard InChI is InChI=1S/C26H30O2/c1-3-28-26(27)20(2)25(23-17-11-6-12-18-23)24(22-15-9-5-10-16-22)19-21-13-7-4-8-14-21/h5-6,9-12,15-19,21,25H,2-4,7-8,13-14H2,1H3/b24-19-. The summed E-state index contributed by atoms with van der Waals surface area (Å²) < 4.78 is 5.32. The van der Waals surface area contributed by atoms with Crippen LogP contribution in [0.25, 0.3) is 5.57 Å². The Morgan fingerprint density at radius 1 is 1.04 bits per heavy atom. The molecule has 0 heterocycles. The molecule has 28 heavy (non-hydrogen) atoms. The zero-order chi connectivity index (χ0) is 19.8. The van der Waals surface area contributed by atoms with E-state index in [1.807, 2.05) is 31.2 Å². The van der Waals surface area contributed by atoms with Gasteiger partial charge in [-0.3, -0.25) is 0 Å². The number of carbonyl (C=O) groups excluding carboxylic acids is 1. The predicted octanol–water partition coefficient (Wildman–Crippen LogP) is 6.55. The molecule has 2 aromatic carbocycles. The largest absolute Gasteiger partial charge is 0.463 e. The maximum Gasteiger partial charge on any atom is 0.334 e. The maximum absolute atomic E-state index is 12.6. The van der Waals surface area contributed by atoms with E-state index >= 15 is 0 Å². The number of allylic oxidation sites excluding steroid dienone is 2. The summed E-state index contributed by atoms with van der Waals surface area (Å²) in [7, 11) is 0. The Balaban J connectivity index is 2.09. The van der Waals surface area contributed by atoms with Crippen LogP contribution in [0.5, 0.6) is 0 Å². The first-order chi connectivity index (χ1) is 13.7. The molecule has 0 aromatic heterocycles. The number of carbonyl (C=O) groups is 1. The van der Waals surface area contributed by atoms with Gasteiger partial charge in [-0.1, -0.05) is 92.6 Å². The van der Waals surface area contributed by atoms with Crippen LogP contribution in [0.15, 0.2) is 78.9 Å². The molecular weight excluding hydrogens is 344 g/mol. The number of benzene rings is 2. The SMILES string of the molecule is C=C(C(=O)OCC)C(/C(=C\C1CCCCC1)c1ccccc1)c1ccccc1. The van der Waals surface area contributed by atoms with E-state index in [2.05, 4.69) is 49.1 Å². The molecule has 2 nitrogen and oxygen atoms in total. The summed E-state index contributed by atoms with van der Waals surface area (Å²) >= 11 is 0. The lowest BCUT2D eigenvalue weighted by molar-refractivity contribution is -0.138. The number of rotatable bonds is 7. The highest BCUT2D eigenvalue weighted by Gasteiger charge is 2.27. The third-order valence-corrected chi connectivity index (χ3v) is 5.50. The van der Waals surface area contributed by atoms with Gasteiger partial charge in [-0.15, -0.1) is 0 Å². The first-order valence-electron chi connectivity index (χ1n) is 10.4. The number of ether oxygens (including phenoxy) is 1. The normalized spacial score (nSPS) is 16.4. The van der Waals surface area contributed by atoms with Crippen LogP contribution in [0.3, 0.4) is 0 Å². The molecule has 0 bridgehead atoms. The molecule has 0 radical (unpaired) electrons. The van der Waals surface area contributed by atoms with Crippen LogP contribution in [0.2, 0.25) is 0 Å². The second-order valence-corrected chi connectivity index (χ2v) is 7.48. The van der Waals surface area contributed by atoms with Crippen molar-refractivity contribution in [2.24, 2.45) is 5.92 Å². The van der Waals surface area contributed by atoms with Crippen LogP contribution < -0.4 is 0 Å². The topological polar surface area (TPSA) is 26.3 Å². The van der Waals surface area contributed by atoms with E-state index < -0.39 is 0 Å². The van der Waals surface area contributed by atoms with Gasteiger partial charge in [-0.05, 0) is 42.4 Å². The minimum Gasteiger partial charge on any atom is -0.463 e. The summed E-state index contributed by atoms with van der Waals surface area (Å²) in [6.45, 7) is 6.36. The molecule has 1 atom stereocenters. The molecule has 0 saturated heterocycles. The molecule has 1 fully saturated rings. The molecule has 0 spiro atoms. The molecule has 146 valence electrons. The molecule has 0 N–H and O–H groups in total. The summed E-state index contributed by atoms with van der Waals surface area (Å²) in [5.74, 6) is 0.0246. The summed E-state index contributed by atoms with van der Waals surface area (Å²) in [5.41, 5.74) is 3.88. The lowest BCUT2D eigenvalue weighted by atomic mass is 9.78. The lowest BCUT2D eigenvalue weighted by Crippen LogP contribution is -2.16. The average molecular weight is 375 g/mol. The molecule has 1 unspecified atom stereocenters. The van der Waals surface area contributed by atoms with Gasteiger partial charge in [0, 0.05) is 11.5 Å². The monoisotopic (exact) mass is 374 g/mol. The van der Waals surface area contributed by atoms with Crippen LogP contribution in [-0.2, 0) is 9.53 Å². The third-order valence-electron chi connectivity index (χ3n) is 5.50. The van der Waals surface area contributed by atoms with Crippen molar-refractivity contribution in [3.05, 3.63) is 90.0 Å². The van der Waals surface area contributed by atoms with Crippen molar-refractivity contribution in [3.63, 3.8) is 0 Å². The van der Waals surface area contributed by atoms with E-state index in [9.17, 15) is 4.79 Å². The Morgan fingerprint density at radius 2 is 1.64 bits per heavy atom. The van der Waals surface area contributed by atoms with E-state index in [1.54, 1.807) is 0 Å². The van der Waals surface area contributed by atoms with Crippen LogP contribution >= 0.6 is 0 Å². The van der Waals surface area contributed by atoms with Gasteiger partial charge in [0.2, 0.25) is 0 Å². The zero-order valence-corrected chi connectivity index (χ0v) is 16.8. The molecule has 1 aliphatic carbocycles. The number of hydrogen-bond donors (Lipinski definition) is 0. The van der Waals surface area contributed by atoms with E-state index in [4.69, 9.17) is 4.74 Å². The molecule has 1 aliphatic rings. The quantitative estimate of drug-likeness (QED) is 0.405. The lowest BCUT2D eigenvalue weighted by Gasteiger charge is -2.26. The smallest absolute Gasteiger partial charge is 0.334 e. The highest BCUT2D eigenvalue weighted by molar-refractivity contribution is 5.94. The Hall–Kier alpha value is -2.61. The van der Waals surface area contributed by atoms with Gasteiger partial charge in [0.05, 0.1) is 6.61 Å². The predicted molar refractivity (Wildman–Crippen MR) is 116 cm³/mol. The first kappa shape index (κ1) is 20.1. The molecule has 2 aromatic rings. The van der Waals surface area contributed by atoms with Crippen LogP contribution in [0.1, 0.15) is 56.1 Å². The summed E-state index contributed by atoms with van der Waals surface area (Å²) in [4.78, 5) is 12.6. The maximum atomic E-state index is 12.6. The van der Waals surface area contributed by atoms with Crippen LogP contribution in [0.4, 0.5) is 0 Å². The van der Waals surface area contributed by atoms with Crippen LogP contribution in [0, 0.1) is 5.92 Å². The van der Waals surface area contributed by atoms with Gasteiger partial charge in [-0.25, -0.2) is 4.79 Å². The number of esters is 1. The van der Waals surface area contributed by atoms with Crippen molar-refractivity contribution >= 4 is 11.5 Å². The minimum absolute atomic E-state index is 0.204. The molecule has 1 saturated carbocycles. The van der Waals surface area contributed by atoms with Gasteiger partial charge in [0.25, 0.3) is 0 Å². The van der Waals surface area contributed by atoms with Gasteiger partial charge >= 0.3 is 5.97 Å².